The molecule has 0 aliphatic rings. The molecule has 1 amide bonds. The Kier molecular flexibility index (Phi) is 2.72. The number of hydrogen-bond acceptors (Lipinski definition) is 4. The van der Waals surface area contributed by atoms with Gasteiger partial charge in [-0.25, -0.2) is 4.98 Å². The van der Waals surface area contributed by atoms with E-state index in [0.29, 0.717) is 11.4 Å². The van der Waals surface area contributed by atoms with Gasteiger partial charge in [0, 0.05) is 18.0 Å². The van der Waals surface area contributed by atoms with Crippen molar-refractivity contribution >= 4 is 5.91 Å². The molecule has 0 aliphatic carbocycles. The summed E-state index contributed by atoms with van der Waals surface area (Å²) < 4.78 is 4.85. The predicted octanol–water partition coefficient (Wildman–Crippen LogP) is 1.20. The van der Waals surface area contributed by atoms with Gasteiger partial charge in [0.25, 0.3) is 5.91 Å². The maximum atomic E-state index is 11.7. The highest BCUT2D eigenvalue weighted by Gasteiger charge is 2.17. The number of amides is 1. The fourth-order valence-electron chi connectivity index (χ4n) is 1.35. The molecule has 0 saturated carbocycles. The average Bonchev–Trinajstić information content (AvgIpc) is 2.86. The number of nitrogens with one attached hydrogen (secondary N) is 2. The van der Waals surface area contributed by atoms with Crippen LogP contribution in [-0.2, 0) is 0 Å². The monoisotopic (exact) mass is 220 g/mol. The summed E-state index contributed by atoms with van der Waals surface area (Å²) in [6, 6.07) is -0.202. The third-order valence-electron chi connectivity index (χ3n) is 2.23. The van der Waals surface area contributed by atoms with Gasteiger partial charge in [-0.1, -0.05) is 5.16 Å². The molecule has 0 bridgehead atoms. The maximum absolute atomic E-state index is 11.7. The SMILES string of the molecule is Cc1cnoc1C(=O)NC(C)c1ncc[nH]1. The molecule has 6 heteroatoms. The molecule has 2 heterocycles. The first-order valence-electron chi connectivity index (χ1n) is 4.90. The number of hydrogen-bond donors (Lipinski definition) is 2. The summed E-state index contributed by atoms with van der Waals surface area (Å²) in [6.45, 7) is 3.60. The van der Waals surface area contributed by atoms with Gasteiger partial charge in [0.2, 0.25) is 5.76 Å². The number of carbonyl (C=O) groups excluding carboxylic acids is 1. The lowest BCUT2D eigenvalue weighted by Gasteiger charge is -2.09. The van der Waals surface area contributed by atoms with E-state index in [0.717, 1.165) is 0 Å². The van der Waals surface area contributed by atoms with Crippen molar-refractivity contribution < 1.29 is 9.32 Å². The zero-order valence-corrected chi connectivity index (χ0v) is 9.02. The van der Waals surface area contributed by atoms with E-state index in [9.17, 15) is 4.79 Å². The van der Waals surface area contributed by atoms with Crippen molar-refractivity contribution in [2.75, 3.05) is 0 Å². The van der Waals surface area contributed by atoms with Gasteiger partial charge in [-0.3, -0.25) is 4.79 Å². The lowest BCUT2D eigenvalue weighted by molar-refractivity contribution is 0.0900. The Labute approximate surface area is 92.1 Å². The van der Waals surface area contributed by atoms with Crippen molar-refractivity contribution in [1.82, 2.24) is 20.4 Å². The van der Waals surface area contributed by atoms with Crippen LogP contribution in [0.15, 0.2) is 23.1 Å². The number of nitrogens with zero attached hydrogens (tertiary/aromatic N) is 2. The number of rotatable bonds is 3. The van der Waals surface area contributed by atoms with Crippen LogP contribution in [0.3, 0.4) is 0 Å². The lowest BCUT2D eigenvalue weighted by Crippen LogP contribution is -2.27. The normalized spacial score (nSPS) is 12.4. The fraction of sp³-hybridized carbons (Fsp3) is 0.300. The van der Waals surface area contributed by atoms with Crippen LogP contribution in [0.5, 0.6) is 0 Å². The highest BCUT2D eigenvalue weighted by molar-refractivity contribution is 5.92. The first kappa shape index (κ1) is 10.4. The van der Waals surface area contributed by atoms with E-state index in [-0.39, 0.29) is 17.7 Å². The van der Waals surface area contributed by atoms with Gasteiger partial charge in [-0.05, 0) is 13.8 Å². The third-order valence-corrected chi connectivity index (χ3v) is 2.23. The van der Waals surface area contributed by atoms with Crippen molar-refractivity contribution in [3.8, 4) is 0 Å². The van der Waals surface area contributed by atoms with Crippen molar-refractivity contribution in [2.24, 2.45) is 0 Å². The number of carbonyl (C=O) groups is 1. The van der Waals surface area contributed by atoms with E-state index < -0.39 is 0 Å². The smallest absolute Gasteiger partial charge is 0.290 e. The van der Waals surface area contributed by atoms with Crippen molar-refractivity contribution in [1.29, 1.82) is 0 Å². The molecule has 2 N–H and O–H groups in total. The summed E-state index contributed by atoms with van der Waals surface area (Å²) in [5.74, 6) is 0.642. The summed E-state index contributed by atoms with van der Waals surface area (Å²) in [6.07, 6.45) is 4.85. The number of aromatic nitrogens is 3. The molecule has 84 valence electrons. The summed E-state index contributed by atoms with van der Waals surface area (Å²) in [7, 11) is 0. The molecule has 1 atom stereocenters. The summed E-state index contributed by atoms with van der Waals surface area (Å²) in [4.78, 5) is 18.7. The molecule has 6 nitrogen and oxygen atoms in total. The van der Waals surface area contributed by atoms with Crippen LogP contribution in [0.4, 0.5) is 0 Å². The molecule has 2 aromatic rings. The summed E-state index contributed by atoms with van der Waals surface area (Å²) in [5.41, 5.74) is 0.712. The molecule has 2 aromatic heterocycles. The van der Waals surface area contributed by atoms with Crippen LogP contribution in [0.25, 0.3) is 0 Å². The van der Waals surface area contributed by atoms with E-state index in [1.165, 1.54) is 6.20 Å². The van der Waals surface area contributed by atoms with E-state index in [1.807, 2.05) is 6.92 Å². The third kappa shape index (κ3) is 1.95. The van der Waals surface area contributed by atoms with E-state index in [4.69, 9.17) is 4.52 Å². The highest BCUT2D eigenvalue weighted by Crippen LogP contribution is 2.10. The molecule has 0 aromatic carbocycles. The van der Waals surface area contributed by atoms with Gasteiger partial charge < -0.3 is 14.8 Å². The Bertz CT molecular complexity index is 475. The first-order valence-corrected chi connectivity index (χ1v) is 4.90. The molecule has 1 unspecified atom stereocenters. The molecule has 16 heavy (non-hydrogen) atoms. The minimum Gasteiger partial charge on any atom is -0.351 e. The van der Waals surface area contributed by atoms with E-state index in [1.54, 1.807) is 19.3 Å². The molecular formula is C10H12N4O2. The zero-order valence-electron chi connectivity index (χ0n) is 9.02. The van der Waals surface area contributed by atoms with E-state index >= 15 is 0 Å². The fourth-order valence-corrected chi connectivity index (χ4v) is 1.35. The Morgan fingerprint density at radius 3 is 3.00 bits per heavy atom. The number of aromatic amines is 1. The molecule has 0 fully saturated rings. The average molecular weight is 220 g/mol. The topological polar surface area (TPSA) is 83.8 Å². The quantitative estimate of drug-likeness (QED) is 0.813. The van der Waals surface area contributed by atoms with Crippen molar-refractivity contribution in [3.05, 3.63) is 35.7 Å². The van der Waals surface area contributed by atoms with Gasteiger partial charge >= 0.3 is 0 Å². The van der Waals surface area contributed by atoms with E-state index in [2.05, 4.69) is 20.4 Å². The van der Waals surface area contributed by atoms with Crippen LogP contribution >= 0.6 is 0 Å². The summed E-state index contributed by atoms with van der Waals surface area (Å²) >= 11 is 0. The first-order chi connectivity index (χ1) is 7.68. The van der Waals surface area contributed by atoms with Gasteiger partial charge in [0.1, 0.15) is 5.82 Å². The van der Waals surface area contributed by atoms with Gasteiger partial charge in [0.15, 0.2) is 0 Å². The Hall–Kier alpha value is -2.11. The van der Waals surface area contributed by atoms with Crippen LogP contribution in [0, 0.1) is 6.92 Å². The van der Waals surface area contributed by atoms with Crippen LogP contribution in [-0.4, -0.2) is 21.0 Å². The molecule has 0 radical (unpaired) electrons. The lowest BCUT2D eigenvalue weighted by atomic mass is 10.2. The van der Waals surface area contributed by atoms with Gasteiger partial charge in [0.05, 0.1) is 12.2 Å². The largest absolute Gasteiger partial charge is 0.351 e. The van der Waals surface area contributed by atoms with Crippen LogP contribution in [0.2, 0.25) is 0 Å². The van der Waals surface area contributed by atoms with Crippen molar-refractivity contribution in [3.63, 3.8) is 0 Å². The second-order valence-electron chi connectivity index (χ2n) is 3.51. The molecule has 0 saturated heterocycles. The highest BCUT2D eigenvalue weighted by atomic mass is 16.5. The Morgan fingerprint density at radius 2 is 2.44 bits per heavy atom. The number of H-pyrrole nitrogens is 1. The number of imidazole rings is 1. The standard InChI is InChI=1S/C10H12N4O2/c1-6-5-13-16-8(6)10(15)14-7(2)9-11-3-4-12-9/h3-5,7H,1-2H3,(H,11,12)(H,14,15). The molecule has 2 rings (SSSR count). The van der Waals surface area contributed by atoms with Crippen molar-refractivity contribution in [2.45, 2.75) is 19.9 Å². The minimum absolute atomic E-state index is 0.202. The van der Waals surface area contributed by atoms with Gasteiger partial charge in [-0.2, -0.15) is 0 Å². The molecular weight excluding hydrogens is 208 g/mol. The predicted molar refractivity (Wildman–Crippen MR) is 55.7 cm³/mol. The van der Waals surface area contributed by atoms with Gasteiger partial charge in [-0.15, -0.1) is 0 Å². The second-order valence-corrected chi connectivity index (χ2v) is 3.51. The molecule has 0 spiro atoms. The maximum Gasteiger partial charge on any atom is 0.290 e. The summed E-state index contributed by atoms with van der Waals surface area (Å²) in [5, 5.41) is 6.31. The number of aryl methyl sites for hydroxylation is 1. The van der Waals surface area contributed by atoms with Crippen LogP contribution in [0.1, 0.15) is 34.9 Å². The molecule has 0 aliphatic heterocycles. The second kappa shape index (κ2) is 4.18. The zero-order chi connectivity index (χ0) is 11.5. The Balaban J connectivity index is 2.06. The minimum atomic E-state index is -0.293. The Morgan fingerprint density at radius 1 is 1.62 bits per heavy atom. The van der Waals surface area contributed by atoms with Crippen LogP contribution < -0.4 is 5.32 Å².